The van der Waals surface area contributed by atoms with Gasteiger partial charge in [0, 0.05) is 17.0 Å². The second kappa shape index (κ2) is 8.79. The fraction of sp³-hybridized carbons (Fsp3) is 0.350. The van der Waals surface area contributed by atoms with Gasteiger partial charge in [-0.2, -0.15) is 0 Å². The molecule has 6 nitrogen and oxygen atoms in total. The average Bonchev–Trinajstić information content (AvgIpc) is 2.98. The van der Waals surface area contributed by atoms with Crippen molar-refractivity contribution in [1.82, 2.24) is 15.3 Å². The molecule has 0 fully saturated rings. The maximum Gasteiger partial charge on any atom is 0.259 e. The lowest BCUT2D eigenvalue weighted by molar-refractivity contribution is -0.120. The van der Waals surface area contributed by atoms with Gasteiger partial charge >= 0.3 is 0 Å². The average molecular weight is 418 g/mol. The van der Waals surface area contributed by atoms with Gasteiger partial charge in [0.05, 0.1) is 23.5 Å². The highest BCUT2D eigenvalue weighted by molar-refractivity contribution is 7.99. The van der Waals surface area contributed by atoms with Gasteiger partial charge < -0.3 is 15.0 Å². The van der Waals surface area contributed by atoms with Crippen molar-refractivity contribution < 1.29 is 9.53 Å². The Kier molecular flexibility index (Phi) is 6.41. The maximum absolute atomic E-state index is 12.4. The van der Waals surface area contributed by atoms with Crippen LogP contribution in [0, 0.1) is 13.8 Å². The van der Waals surface area contributed by atoms with Crippen molar-refractivity contribution in [3.8, 4) is 5.75 Å². The second-order valence-electron chi connectivity index (χ2n) is 6.46. The van der Waals surface area contributed by atoms with Gasteiger partial charge in [-0.1, -0.05) is 18.2 Å². The van der Waals surface area contributed by atoms with Crippen LogP contribution in [0.5, 0.6) is 5.75 Å². The molecule has 0 radical (unpaired) electrons. The molecule has 1 atom stereocenters. The second-order valence-corrected chi connectivity index (χ2v) is 8.99. The van der Waals surface area contributed by atoms with Crippen molar-refractivity contribution in [3.05, 3.63) is 56.4 Å². The molecule has 0 aliphatic carbocycles. The Morgan fingerprint density at radius 2 is 2.11 bits per heavy atom. The molecule has 0 spiro atoms. The van der Waals surface area contributed by atoms with Crippen molar-refractivity contribution in [2.75, 3.05) is 7.11 Å². The van der Waals surface area contributed by atoms with Crippen LogP contribution in [-0.4, -0.2) is 28.2 Å². The molecule has 2 aromatic heterocycles. The predicted molar refractivity (Wildman–Crippen MR) is 115 cm³/mol. The summed E-state index contributed by atoms with van der Waals surface area (Å²) in [4.78, 5) is 34.0. The number of thioether (sulfide) groups is 1. The molecule has 0 aliphatic rings. The van der Waals surface area contributed by atoms with E-state index in [2.05, 4.69) is 15.3 Å². The monoisotopic (exact) mass is 417 g/mol. The van der Waals surface area contributed by atoms with E-state index in [-0.39, 0.29) is 16.7 Å². The topological polar surface area (TPSA) is 84.1 Å². The Labute approximate surface area is 171 Å². The number of nitrogens with zero attached hydrogens (tertiary/aromatic N) is 1. The Morgan fingerprint density at radius 3 is 2.86 bits per heavy atom. The van der Waals surface area contributed by atoms with Crippen LogP contribution in [-0.2, 0) is 17.1 Å². The van der Waals surface area contributed by atoms with Crippen LogP contribution in [0.2, 0.25) is 0 Å². The number of aromatic nitrogens is 2. The van der Waals surface area contributed by atoms with Gasteiger partial charge in [0.2, 0.25) is 5.91 Å². The van der Waals surface area contributed by atoms with E-state index in [0.717, 1.165) is 26.6 Å². The van der Waals surface area contributed by atoms with Crippen molar-refractivity contribution in [2.45, 2.75) is 38.3 Å². The van der Waals surface area contributed by atoms with Gasteiger partial charge in [0.1, 0.15) is 16.4 Å². The number of methoxy groups -OCH3 is 1. The van der Waals surface area contributed by atoms with E-state index in [4.69, 9.17) is 4.74 Å². The molecule has 3 aromatic rings. The van der Waals surface area contributed by atoms with Crippen LogP contribution in [0.25, 0.3) is 10.2 Å². The minimum atomic E-state index is -0.275. The normalized spacial score (nSPS) is 12.1. The molecule has 148 valence electrons. The highest BCUT2D eigenvalue weighted by atomic mass is 32.2. The first-order valence-corrected chi connectivity index (χ1v) is 10.8. The molecule has 0 aliphatic heterocycles. The number of aromatic amines is 1. The molecule has 28 heavy (non-hydrogen) atoms. The van der Waals surface area contributed by atoms with E-state index in [0.29, 0.717) is 23.5 Å². The number of H-pyrrole nitrogens is 1. The zero-order valence-electron chi connectivity index (χ0n) is 16.3. The minimum absolute atomic E-state index is 0.0675. The van der Waals surface area contributed by atoms with Crippen LogP contribution in [0.4, 0.5) is 0 Å². The van der Waals surface area contributed by atoms with Gasteiger partial charge in [-0.25, -0.2) is 4.98 Å². The Morgan fingerprint density at radius 1 is 1.36 bits per heavy atom. The first-order chi connectivity index (χ1) is 13.4. The molecule has 0 bridgehead atoms. The SMILES string of the molecule is COc1ccccc1CNC(=O)[C@H](C)SCc1nc2sc(C)c(C)c2c(=O)[nH]1. The number of nitrogens with one attached hydrogen (secondary N) is 2. The van der Waals surface area contributed by atoms with E-state index >= 15 is 0 Å². The fourth-order valence-corrected chi connectivity index (χ4v) is 4.65. The number of hydrogen-bond acceptors (Lipinski definition) is 6. The maximum atomic E-state index is 12.4. The Hall–Kier alpha value is -2.32. The van der Waals surface area contributed by atoms with Crippen molar-refractivity contribution in [1.29, 1.82) is 0 Å². The lowest BCUT2D eigenvalue weighted by Crippen LogP contribution is -2.30. The number of thiophene rings is 1. The van der Waals surface area contributed by atoms with Crippen LogP contribution in [0.15, 0.2) is 29.1 Å². The van der Waals surface area contributed by atoms with Gasteiger partial charge in [-0.3, -0.25) is 9.59 Å². The molecular weight excluding hydrogens is 394 g/mol. The van der Waals surface area contributed by atoms with Crippen LogP contribution < -0.4 is 15.6 Å². The third-order valence-corrected chi connectivity index (χ3v) is 6.83. The van der Waals surface area contributed by atoms with Gasteiger partial charge in [-0.15, -0.1) is 23.1 Å². The highest BCUT2D eigenvalue weighted by Crippen LogP contribution is 2.26. The van der Waals surface area contributed by atoms with Crippen LogP contribution in [0.1, 0.15) is 28.8 Å². The summed E-state index contributed by atoms with van der Waals surface area (Å²) in [6.07, 6.45) is 0. The summed E-state index contributed by atoms with van der Waals surface area (Å²) in [5.74, 6) is 1.74. The highest BCUT2D eigenvalue weighted by Gasteiger charge is 2.16. The quantitative estimate of drug-likeness (QED) is 0.614. The Balaban J connectivity index is 1.60. The molecule has 0 saturated carbocycles. The molecule has 8 heteroatoms. The summed E-state index contributed by atoms with van der Waals surface area (Å²) < 4.78 is 5.30. The molecular formula is C20H23N3O3S2. The molecule has 1 amide bonds. The number of benzene rings is 1. The summed E-state index contributed by atoms with van der Waals surface area (Å²) in [5, 5.41) is 3.32. The third kappa shape index (κ3) is 4.39. The van der Waals surface area contributed by atoms with Crippen LogP contribution >= 0.6 is 23.1 Å². The number of ether oxygens (including phenoxy) is 1. The lowest BCUT2D eigenvalue weighted by Gasteiger charge is -2.13. The molecule has 0 saturated heterocycles. The fourth-order valence-electron chi connectivity index (χ4n) is 2.82. The first kappa shape index (κ1) is 20.4. The number of para-hydroxylation sites is 1. The molecule has 2 heterocycles. The number of hydrogen-bond donors (Lipinski definition) is 2. The number of carbonyl (C=O) groups is 1. The van der Waals surface area contributed by atoms with Crippen molar-refractivity contribution in [3.63, 3.8) is 0 Å². The van der Waals surface area contributed by atoms with Crippen molar-refractivity contribution >= 4 is 39.2 Å². The number of fused-ring (bicyclic) bond motifs is 1. The van der Waals surface area contributed by atoms with Crippen molar-refractivity contribution in [2.24, 2.45) is 0 Å². The first-order valence-electron chi connectivity index (χ1n) is 8.90. The smallest absolute Gasteiger partial charge is 0.259 e. The van der Waals surface area contributed by atoms with E-state index in [1.807, 2.05) is 45.0 Å². The van der Waals surface area contributed by atoms with Crippen LogP contribution in [0.3, 0.4) is 0 Å². The number of aryl methyl sites for hydroxylation is 2. The molecule has 0 unspecified atom stereocenters. The van der Waals surface area contributed by atoms with E-state index in [9.17, 15) is 9.59 Å². The lowest BCUT2D eigenvalue weighted by atomic mass is 10.2. The third-order valence-electron chi connectivity index (χ3n) is 4.57. The minimum Gasteiger partial charge on any atom is -0.496 e. The number of carbonyl (C=O) groups excluding carboxylic acids is 1. The molecule has 3 rings (SSSR count). The van der Waals surface area contributed by atoms with E-state index in [1.54, 1.807) is 7.11 Å². The van der Waals surface area contributed by atoms with Gasteiger partial charge in [0.25, 0.3) is 5.56 Å². The summed E-state index contributed by atoms with van der Waals surface area (Å²) in [6, 6.07) is 7.59. The Bertz CT molecular complexity index is 1060. The van der Waals surface area contributed by atoms with E-state index < -0.39 is 0 Å². The molecule has 1 aromatic carbocycles. The zero-order valence-corrected chi connectivity index (χ0v) is 17.9. The number of amides is 1. The number of rotatable bonds is 7. The summed E-state index contributed by atoms with van der Waals surface area (Å²) in [5.41, 5.74) is 1.79. The zero-order chi connectivity index (χ0) is 20.3. The summed E-state index contributed by atoms with van der Waals surface area (Å²) in [7, 11) is 1.61. The van der Waals surface area contributed by atoms with E-state index in [1.165, 1.54) is 23.1 Å². The van der Waals surface area contributed by atoms with Gasteiger partial charge in [0.15, 0.2) is 0 Å². The molecule has 2 N–H and O–H groups in total. The standard InChI is InChI=1S/C20H23N3O3S2/c1-11-12(2)28-20-17(11)19(25)22-16(23-20)10-27-13(3)18(24)21-9-14-7-5-6-8-15(14)26-4/h5-8,13H,9-10H2,1-4H3,(H,21,24)(H,22,23,25)/t13-/m0/s1. The summed E-state index contributed by atoms with van der Waals surface area (Å²) >= 11 is 2.96. The predicted octanol–water partition coefficient (Wildman–Crippen LogP) is 3.55. The van der Waals surface area contributed by atoms with Gasteiger partial charge in [-0.05, 0) is 32.4 Å². The largest absolute Gasteiger partial charge is 0.496 e. The summed E-state index contributed by atoms with van der Waals surface area (Å²) in [6.45, 7) is 6.18.